The number of amides is 1. The van der Waals surface area contributed by atoms with Crippen molar-refractivity contribution in [2.75, 3.05) is 26.7 Å². The fourth-order valence-corrected chi connectivity index (χ4v) is 1.52. The number of carbonyl (C=O) groups excluding carboxylic acids is 1. The average molecular weight is 244 g/mol. The molecule has 0 saturated carbocycles. The van der Waals surface area contributed by atoms with Gasteiger partial charge in [-0.15, -0.1) is 0 Å². The molecule has 0 aliphatic heterocycles. The van der Waals surface area contributed by atoms with Gasteiger partial charge < -0.3 is 15.4 Å². The van der Waals surface area contributed by atoms with E-state index in [1.54, 1.807) is 4.90 Å². The van der Waals surface area contributed by atoms with Crippen molar-refractivity contribution in [3.05, 3.63) is 0 Å². The van der Waals surface area contributed by atoms with Crippen molar-refractivity contribution in [1.82, 2.24) is 4.90 Å². The first kappa shape index (κ1) is 16.4. The summed E-state index contributed by atoms with van der Waals surface area (Å²) in [6.45, 7) is 6.05. The van der Waals surface area contributed by atoms with E-state index in [-0.39, 0.29) is 12.0 Å². The Morgan fingerprint density at radius 1 is 1.24 bits per heavy atom. The number of hydrogen-bond donors (Lipinski definition) is 1. The summed E-state index contributed by atoms with van der Waals surface area (Å²) in [5, 5.41) is 0. The molecule has 0 atom stereocenters. The first-order valence-electron chi connectivity index (χ1n) is 6.63. The molecule has 17 heavy (non-hydrogen) atoms. The van der Waals surface area contributed by atoms with Crippen LogP contribution in [0.5, 0.6) is 0 Å². The highest BCUT2D eigenvalue weighted by Crippen LogP contribution is 2.04. The molecule has 0 rings (SSSR count). The molecule has 0 aromatic carbocycles. The monoisotopic (exact) mass is 244 g/mol. The maximum Gasteiger partial charge on any atom is 0.222 e. The third kappa shape index (κ3) is 10.3. The lowest BCUT2D eigenvalue weighted by atomic mass is 10.1. The zero-order chi connectivity index (χ0) is 13.1. The zero-order valence-electron chi connectivity index (χ0n) is 11.6. The summed E-state index contributed by atoms with van der Waals surface area (Å²) < 4.78 is 5.41. The van der Waals surface area contributed by atoms with Crippen molar-refractivity contribution < 1.29 is 9.53 Å². The molecule has 4 heteroatoms. The van der Waals surface area contributed by atoms with Gasteiger partial charge in [0.25, 0.3) is 0 Å². The maximum absolute atomic E-state index is 11.7. The summed E-state index contributed by atoms with van der Waals surface area (Å²) in [5.41, 5.74) is 5.41. The number of rotatable bonds is 10. The Balaban J connectivity index is 3.47. The van der Waals surface area contributed by atoms with Crippen molar-refractivity contribution in [2.45, 2.75) is 52.1 Å². The zero-order valence-corrected chi connectivity index (χ0v) is 11.6. The minimum absolute atomic E-state index is 0.213. The van der Waals surface area contributed by atoms with Crippen molar-refractivity contribution in [1.29, 1.82) is 0 Å². The van der Waals surface area contributed by atoms with Crippen LogP contribution in [0.25, 0.3) is 0 Å². The van der Waals surface area contributed by atoms with Crippen LogP contribution in [0, 0.1) is 0 Å². The van der Waals surface area contributed by atoms with Crippen LogP contribution in [0.15, 0.2) is 0 Å². The Kier molecular flexibility index (Phi) is 10.2. The Labute approximate surface area is 105 Å². The van der Waals surface area contributed by atoms with Gasteiger partial charge in [-0.05, 0) is 33.2 Å². The number of carbonyl (C=O) groups is 1. The maximum atomic E-state index is 11.7. The third-order valence-corrected chi connectivity index (χ3v) is 2.65. The van der Waals surface area contributed by atoms with Gasteiger partial charge in [0, 0.05) is 20.0 Å². The lowest BCUT2D eigenvalue weighted by Crippen LogP contribution is -2.30. The Morgan fingerprint density at radius 2 is 1.88 bits per heavy atom. The van der Waals surface area contributed by atoms with E-state index in [2.05, 4.69) is 0 Å². The number of hydrogen-bond acceptors (Lipinski definition) is 3. The summed E-state index contributed by atoms with van der Waals surface area (Å²) in [6.07, 6.45) is 5.13. The molecule has 0 radical (unpaired) electrons. The second-order valence-electron chi connectivity index (χ2n) is 4.69. The molecular weight excluding hydrogens is 216 g/mol. The van der Waals surface area contributed by atoms with Crippen molar-refractivity contribution in [3.63, 3.8) is 0 Å². The standard InChI is InChI=1S/C13H28N2O2/c1-12(2)17-11-10-15(3)13(16)8-6-4-5-7-9-14/h12H,4-11,14H2,1-3H3. The molecule has 1 amide bonds. The second kappa shape index (κ2) is 10.5. The molecule has 0 aliphatic rings. The minimum atomic E-state index is 0.213. The topological polar surface area (TPSA) is 55.6 Å². The number of nitrogens with zero attached hydrogens (tertiary/aromatic N) is 1. The fourth-order valence-electron chi connectivity index (χ4n) is 1.52. The van der Waals surface area contributed by atoms with Crippen LogP contribution < -0.4 is 5.73 Å². The molecule has 0 bridgehead atoms. The van der Waals surface area contributed by atoms with Crippen molar-refractivity contribution in [2.24, 2.45) is 5.73 Å². The van der Waals surface area contributed by atoms with E-state index in [1.807, 2.05) is 20.9 Å². The van der Waals surface area contributed by atoms with E-state index in [0.717, 1.165) is 32.2 Å². The first-order chi connectivity index (χ1) is 8.07. The van der Waals surface area contributed by atoms with Gasteiger partial charge in [-0.1, -0.05) is 12.8 Å². The van der Waals surface area contributed by atoms with Gasteiger partial charge in [-0.25, -0.2) is 0 Å². The fraction of sp³-hybridized carbons (Fsp3) is 0.923. The summed E-state index contributed by atoms with van der Waals surface area (Å²) in [6, 6.07) is 0. The Hall–Kier alpha value is -0.610. The first-order valence-corrected chi connectivity index (χ1v) is 6.63. The molecule has 0 spiro atoms. The highest BCUT2D eigenvalue weighted by Gasteiger charge is 2.07. The van der Waals surface area contributed by atoms with Gasteiger partial charge >= 0.3 is 0 Å². The van der Waals surface area contributed by atoms with E-state index < -0.39 is 0 Å². The predicted molar refractivity (Wildman–Crippen MR) is 70.9 cm³/mol. The molecule has 0 aromatic heterocycles. The molecular formula is C13H28N2O2. The summed E-state index contributed by atoms with van der Waals surface area (Å²) >= 11 is 0. The normalized spacial score (nSPS) is 10.9. The van der Waals surface area contributed by atoms with Crippen LogP contribution in [0.1, 0.15) is 46.0 Å². The lowest BCUT2D eigenvalue weighted by molar-refractivity contribution is -0.130. The smallest absolute Gasteiger partial charge is 0.222 e. The minimum Gasteiger partial charge on any atom is -0.377 e. The molecule has 102 valence electrons. The molecule has 0 unspecified atom stereocenters. The van der Waals surface area contributed by atoms with Gasteiger partial charge in [0.1, 0.15) is 0 Å². The van der Waals surface area contributed by atoms with E-state index in [0.29, 0.717) is 19.6 Å². The van der Waals surface area contributed by atoms with Gasteiger partial charge in [0.05, 0.1) is 12.7 Å². The average Bonchev–Trinajstić information content (AvgIpc) is 2.27. The van der Waals surface area contributed by atoms with E-state index in [4.69, 9.17) is 10.5 Å². The number of likely N-dealkylation sites (N-methyl/N-ethyl adjacent to an activating group) is 1. The van der Waals surface area contributed by atoms with Crippen LogP contribution in [-0.2, 0) is 9.53 Å². The van der Waals surface area contributed by atoms with Gasteiger partial charge in [0.15, 0.2) is 0 Å². The van der Waals surface area contributed by atoms with Gasteiger partial charge in [-0.3, -0.25) is 4.79 Å². The quantitative estimate of drug-likeness (QED) is 0.596. The second-order valence-corrected chi connectivity index (χ2v) is 4.69. The predicted octanol–water partition coefficient (Wildman–Crippen LogP) is 1.78. The van der Waals surface area contributed by atoms with Crippen molar-refractivity contribution >= 4 is 5.91 Å². The van der Waals surface area contributed by atoms with Gasteiger partial charge in [0.2, 0.25) is 5.91 Å². The summed E-state index contributed by atoms with van der Waals surface area (Å²) in [5.74, 6) is 0.213. The molecule has 2 N–H and O–H groups in total. The Bertz CT molecular complexity index is 196. The van der Waals surface area contributed by atoms with Crippen LogP contribution in [0.4, 0.5) is 0 Å². The molecule has 0 saturated heterocycles. The molecule has 0 aromatic rings. The number of unbranched alkanes of at least 4 members (excludes halogenated alkanes) is 3. The number of nitrogens with two attached hydrogens (primary N) is 1. The van der Waals surface area contributed by atoms with Crippen LogP contribution in [0.3, 0.4) is 0 Å². The summed E-state index contributed by atoms with van der Waals surface area (Å²) in [4.78, 5) is 13.5. The molecule has 0 fully saturated rings. The molecule has 4 nitrogen and oxygen atoms in total. The molecule has 0 heterocycles. The van der Waals surface area contributed by atoms with Crippen LogP contribution >= 0.6 is 0 Å². The highest BCUT2D eigenvalue weighted by atomic mass is 16.5. The van der Waals surface area contributed by atoms with E-state index in [9.17, 15) is 4.79 Å². The van der Waals surface area contributed by atoms with Crippen molar-refractivity contribution in [3.8, 4) is 0 Å². The third-order valence-electron chi connectivity index (χ3n) is 2.65. The lowest BCUT2D eigenvalue weighted by Gasteiger charge is -2.18. The Morgan fingerprint density at radius 3 is 2.47 bits per heavy atom. The van der Waals surface area contributed by atoms with Gasteiger partial charge in [-0.2, -0.15) is 0 Å². The largest absolute Gasteiger partial charge is 0.377 e. The molecule has 0 aliphatic carbocycles. The van der Waals surface area contributed by atoms with E-state index in [1.165, 1.54) is 0 Å². The number of ether oxygens (including phenoxy) is 1. The van der Waals surface area contributed by atoms with Crippen LogP contribution in [0.2, 0.25) is 0 Å². The highest BCUT2D eigenvalue weighted by molar-refractivity contribution is 5.75. The van der Waals surface area contributed by atoms with E-state index >= 15 is 0 Å². The van der Waals surface area contributed by atoms with Crippen LogP contribution in [-0.4, -0.2) is 43.7 Å². The summed E-state index contributed by atoms with van der Waals surface area (Å²) in [7, 11) is 1.84. The SMILES string of the molecule is CC(C)OCCN(C)C(=O)CCCCCCN.